The molecular formula is C21H21FN2O3. The highest BCUT2D eigenvalue weighted by Crippen LogP contribution is 2.29. The number of ether oxygens (including phenoxy) is 2. The van der Waals surface area contributed by atoms with Crippen LogP contribution >= 0.6 is 0 Å². The van der Waals surface area contributed by atoms with Gasteiger partial charge in [0.1, 0.15) is 23.0 Å². The molecule has 0 unspecified atom stereocenters. The minimum atomic E-state index is -0.370. The summed E-state index contributed by atoms with van der Waals surface area (Å²) in [5.41, 5.74) is 2.34. The van der Waals surface area contributed by atoms with Crippen molar-refractivity contribution >= 4 is 16.8 Å². The van der Waals surface area contributed by atoms with Crippen LogP contribution in [0.5, 0.6) is 11.5 Å². The summed E-state index contributed by atoms with van der Waals surface area (Å²) in [6.45, 7) is 3.64. The Morgan fingerprint density at radius 2 is 1.81 bits per heavy atom. The molecule has 1 amide bonds. The van der Waals surface area contributed by atoms with Crippen LogP contribution in [0.4, 0.5) is 4.39 Å². The number of halogens is 1. The second kappa shape index (κ2) is 7.61. The molecule has 0 saturated carbocycles. The van der Waals surface area contributed by atoms with Gasteiger partial charge in [0.2, 0.25) is 0 Å². The summed E-state index contributed by atoms with van der Waals surface area (Å²) in [6.07, 6.45) is 0. The lowest BCUT2D eigenvalue weighted by Crippen LogP contribution is -2.27. The van der Waals surface area contributed by atoms with Crippen molar-refractivity contribution in [3.05, 3.63) is 65.1 Å². The molecule has 0 bridgehead atoms. The van der Waals surface area contributed by atoms with E-state index in [9.17, 15) is 9.18 Å². The van der Waals surface area contributed by atoms with Crippen molar-refractivity contribution in [3.63, 3.8) is 0 Å². The van der Waals surface area contributed by atoms with Crippen LogP contribution in [0.1, 0.15) is 34.6 Å². The van der Waals surface area contributed by atoms with Crippen molar-refractivity contribution in [1.29, 1.82) is 0 Å². The third kappa shape index (κ3) is 3.84. The topological polar surface area (TPSA) is 60.5 Å². The van der Waals surface area contributed by atoms with Crippen LogP contribution in [0.25, 0.3) is 10.9 Å². The first-order chi connectivity index (χ1) is 12.9. The summed E-state index contributed by atoms with van der Waals surface area (Å²) in [6, 6.07) is 11.5. The molecule has 3 aromatic rings. The number of carbonyl (C=O) groups excluding carboxylic acids is 1. The molecule has 2 aromatic carbocycles. The van der Waals surface area contributed by atoms with Crippen molar-refractivity contribution in [1.82, 2.24) is 10.3 Å². The molecule has 1 N–H and O–H groups in total. The molecule has 0 aliphatic rings. The average molecular weight is 368 g/mol. The summed E-state index contributed by atoms with van der Waals surface area (Å²) in [7, 11) is 3.09. The minimum Gasteiger partial charge on any atom is -0.497 e. The van der Waals surface area contributed by atoms with Crippen LogP contribution in [0, 0.1) is 12.7 Å². The zero-order valence-corrected chi connectivity index (χ0v) is 15.7. The Kier molecular flexibility index (Phi) is 5.26. The highest BCUT2D eigenvalue weighted by atomic mass is 19.1. The first-order valence-corrected chi connectivity index (χ1v) is 8.52. The van der Waals surface area contributed by atoms with Gasteiger partial charge in [-0.3, -0.25) is 4.79 Å². The molecule has 0 aliphatic carbocycles. The van der Waals surface area contributed by atoms with Gasteiger partial charge >= 0.3 is 0 Å². The molecule has 27 heavy (non-hydrogen) atoms. The number of pyridine rings is 1. The summed E-state index contributed by atoms with van der Waals surface area (Å²) in [5.74, 6) is 0.457. The van der Waals surface area contributed by atoms with Gasteiger partial charge in [-0.25, -0.2) is 9.37 Å². The number of hydrogen-bond acceptors (Lipinski definition) is 4. The minimum absolute atomic E-state index is 0.217. The van der Waals surface area contributed by atoms with Gasteiger partial charge in [0.05, 0.1) is 25.8 Å². The van der Waals surface area contributed by atoms with Crippen LogP contribution in [0.3, 0.4) is 0 Å². The van der Waals surface area contributed by atoms with Gasteiger partial charge in [-0.05, 0) is 49.2 Å². The molecule has 1 aromatic heterocycles. The molecule has 0 spiro atoms. The van der Waals surface area contributed by atoms with E-state index in [1.165, 1.54) is 25.3 Å². The highest BCUT2D eigenvalue weighted by molar-refractivity contribution is 5.98. The molecule has 140 valence electrons. The number of aryl methyl sites for hydroxylation is 1. The molecule has 5 nitrogen and oxygen atoms in total. The normalized spacial score (nSPS) is 11.9. The number of amides is 1. The highest BCUT2D eigenvalue weighted by Gasteiger charge is 2.17. The fourth-order valence-electron chi connectivity index (χ4n) is 2.96. The number of fused-ring (bicyclic) bond motifs is 1. The van der Waals surface area contributed by atoms with E-state index < -0.39 is 0 Å². The van der Waals surface area contributed by atoms with Gasteiger partial charge in [0, 0.05) is 11.5 Å². The number of nitrogens with zero attached hydrogens (tertiary/aromatic N) is 1. The van der Waals surface area contributed by atoms with Crippen LogP contribution in [0.15, 0.2) is 42.5 Å². The van der Waals surface area contributed by atoms with Crippen molar-refractivity contribution < 1.29 is 18.7 Å². The largest absolute Gasteiger partial charge is 0.497 e. The first-order valence-electron chi connectivity index (χ1n) is 8.52. The fourth-order valence-corrected chi connectivity index (χ4v) is 2.96. The molecule has 6 heteroatoms. The molecule has 0 aliphatic heterocycles. The smallest absolute Gasteiger partial charge is 0.270 e. The maximum Gasteiger partial charge on any atom is 0.270 e. The van der Waals surface area contributed by atoms with Crippen LogP contribution < -0.4 is 14.8 Å². The number of carbonyl (C=O) groups is 1. The van der Waals surface area contributed by atoms with Gasteiger partial charge in [0.15, 0.2) is 0 Å². The van der Waals surface area contributed by atoms with Gasteiger partial charge in [0.25, 0.3) is 5.91 Å². The van der Waals surface area contributed by atoms with Crippen molar-refractivity contribution in [2.45, 2.75) is 19.9 Å². The Morgan fingerprint density at radius 1 is 1.11 bits per heavy atom. The monoisotopic (exact) mass is 368 g/mol. The Hall–Kier alpha value is -3.15. The predicted molar refractivity (Wildman–Crippen MR) is 102 cm³/mol. The Bertz CT molecular complexity index is 987. The Balaban J connectivity index is 1.90. The van der Waals surface area contributed by atoms with E-state index in [1.54, 1.807) is 14.0 Å². The second-order valence-electron chi connectivity index (χ2n) is 6.30. The van der Waals surface area contributed by atoms with Gasteiger partial charge < -0.3 is 14.8 Å². The number of benzene rings is 2. The second-order valence-corrected chi connectivity index (χ2v) is 6.30. The van der Waals surface area contributed by atoms with E-state index in [0.717, 1.165) is 11.3 Å². The third-order valence-electron chi connectivity index (χ3n) is 4.45. The average Bonchev–Trinajstić information content (AvgIpc) is 2.67. The molecular weight excluding hydrogens is 347 g/mol. The number of hydrogen-bond donors (Lipinski definition) is 1. The lowest BCUT2D eigenvalue weighted by molar-refractivity contribution is 0.0935. The quantitative estimate of drug-likeness (QED) is 0.734. The lowest BCUT2D eigenvalue weighted by atomic mass is 10.1. The van der Waals surface area contributed by atoms with Crippen molar-refractivity contribution in [2.75, 3.05) is 14.2 Å². The van der Waals surface area contributed by atoms with Crippen molar-refractivity contribution in [2.24, 2.45) is 0 Å². The standard InChI is InChI=1S/C21H21FN2O3/c1-12-9-15(22)10-17-19(27-4)11-18(24-20(12)17)21(25)23-13(2)14-5-7-16(26-3)8-6-14/h5-11,13H,1-4H3,(H,23,25)/t13-/m1/s1. The van der Waals surface area contributed by atoms with Crippen LogP contribution in [-0.4, -0.2) is 25.1 Å². The zero-order valence-electron chi connectivity index (χ0n) is 15.7. The van der Waals surface area contributed by atoms with Crippen LogP contribution in [0.2, 0.25) is 0 Å². The summed E-state index contributed by atoms with van der Waals surface area (Å²) < 4.78 is 24.2. The SMILES string of the molecule is COc1ccc([C@@H](C)NC(=O)c2cc(OC)c3cc(F)cc(C)c3n2)cc1. The summed E-state index contributed by atoms with van der Waals surface area (Å²) in [5, 5.41) is 3.46. The van der Waals surface area contributed by atoms with Gasteiger partial charge in [-0.15, -0.1) is 0 Å². The van der Waals surface area contributed by atoms with Crippen LogP contribution in [-0.2, 0) is 0 Å². The summed E-state index contributed by atoms with van der Waals surface area (Å²) in [4.78, 5) is 17.1. The number of aromatic nitrogens is 1. The summed E-state index contributed by atoms with van der Waals surface area (Å²) >= 11 is 0. The lowest BCUT2D eigenvalue weighted by Gasteiger charge is -2.16. The van der Waals surface area contributed by atoms with Gasteiger partial charge in [-0.1, -0.05) is 12.1 Å². The van der Waals surface area contributed by atoms with E-state index in [2.05, 4.69) is 10.3 Å². The van der Waals surface area contributed by atoms with E-state index in [1.807, 2.05) is 31.2 Å². The van der Waals surface area contributed by atoms with E-state index >= 15 is 0 Å². The fraction of sp³-hybridized carbons (Fsp3) is 0.238. The molecule has 3 rings (SSSR count). The Labute approximate surface area is 157 Å². The third-order valence-corrected chi connectivity index (χ3v) is 4.45. The molecule has 0 fully saturated rings. The van der Waals surface area contributed by atoms with Gasteiger partial charge in [-0.2, -0.15) is 0 Å². The first kappa shape index (κ1) is 18.6. The van der Waals surface area contributed by atoms with E-state index in [-0.39, 0.29) is 23.5 Å². The zero-order chi connectivity index (χ0) is 19.6. The Morgan fingerprint density at radius 3 is 2.44 bits per heavy atom. The maximum atomic E-state index is 13.7. The van der Waals surface area contributed by atoms with Crippen molar-refractivity contribution in [3.8, 4) is 11.5 Å². The number of rotatable bonds is 5. The number of nitrogens with one attached hydrogen (secondary N) is 1. The van der Waals surface area contributed by atoms with E-state index in [4.69, 9.17) is 9.47 Å². The molecule has 1 atom stereocenters. The molecule has 1 heterocycles. The molecule has 0 radical (unpaired) electrons. The molecule has 0 saturated heterocycles. The van der Waals surface area contributed by atoms with E-state index in [0.29, 0.717) is 22.2 Å². The number of methoxy groups -OCH3 is 2. The maximum absolute atomic E-state index is 13.7. The predicted octanol–water partition coefficient (Wildman–Crippen LogP) is 4.19.